The minimum atomic E-state index is -3.51. The van der Waals surface area contributed by atoms with E-state index in [0.29, 0.717) is 30.5 Å². The lowest BCUT2D eigenvalue weighted by Crippen LogP contribution is -2.44. The molecule has 2 aliphatic heterocycles. The number of piperidine rings is 1. The normalized spacial score (nSPS) is 17.5. The summed E-state index contributed by atoms with van der Waals surface area (Å²) in [7, 11) is -3.51. The van der Waals surface area contributed by atoms with Gasteiger partial charge in [0.25, 0.3) is 0 Å². The Balaban J connectivity index is 1.49. The van der Waals surface area contributed by atoms with Crippen molar-refractivity contribution in [2.45, 2.75) is 44.4 Å². The molecule has 172 valence electrons. The molecule has 0 radical (unpaired) electrons. The first-order valence-corrected chi connectivity index (χ1v) is 12.9. The van der Waals surface area contributed by atoms with Crippen LogP contribution >= 0.6 is 0 Å². The van der Waals surface area contributed by atoms with Crippen LogP contribution in [0.5, 0.6) is 0 Å². The summed E-state index contributed by atoms with van der Waals surface area (Å²) in [5.41, 5.74) is 1.79. The number of sulfonamides is 1. The van der Waals surface area contributed by atoms with E-state index in [4.69, 9.17) is 0 Å². The SMILES string of the molecule is CCN(CC)S(=O)(=O)c1ccc2c(c1)CCCN2C(=O)C1CCN(c2ncccn2)CC1. The van der Waals surface area contributed by atoms with Crippen LogP contribution in [0.3, 0.4) is 0 Å². The molecule has 1 aromatic carbocycles. The second kappa shape index (κ2) is 9.54. The van der Waals surface area contributed by atoms with Crippen LogP contribution in [0.15, 0.2) is 41.6 Å². The Morgan fingerprint density at radius 2 is 1.78 bits per heavy atom. The number of benzene rings is 1. The third kappa shape index (κ3) is 4.36. The standard InChI is InChI=1S/C23H31N5O3S/c1-3-27(4-2)32(30,31)20-8-9-21-19(17-20)7-5-14-28(21)22(29)18-10-15-26(16-11-18)23-24-12-6-13-25-23/h6,8-9,12-13,17-18H,3-5,7,10-11,14-16H2,1-2H3. The largest absolute Gasteiger partial charge is 0.341 e. The lowest BCUT2D eigenvalue weighted by molar-refractivity contribution is -0.123. The van der Waals surface area contributed by atoms with Crippen molar-refractivity contribution >= 4 is 27.6 Å². The summed E-state index contributed by atoms with van der Waals surface area (Å²) in [4.78, 5) is 26.3. The van der Waals surface area contributed by atoms with Gasteiger partial charge in [-0.25, -0.2) is 18.4 Å². The van der Waals surface area contributed by atoms with E-state index in [0.717, 1.165) is 50.0 Å². The van der Waals surface area contributed by atoms with Gasteiger partial charge in [0, 0.05) is 56.7 Å². The van der Waals surface area contributed by atoms with Crippen LogP contribution in [-0.2, 0) is 21.2 Å². The molecule has 2 aromatic rings. The van der Waals surface area contributed by atoms with Crippen molar-refractivity contribution in [2.24, 2.45) is 5.92 Å². The highest BCUT2D eigenvalue weighted by Gasteiger charge is 2.33. The van der Waals surface area contributed by atoms with Gasteiger partial charge in [-0.05, 0) is 55.5 Å². The summed E-state index contributed by atoms with van der Waals surface area (Å²) in [6.45, 7) is 6.74. The number of amides is 1. The second-order valence-corrected chi connectivity index (χ2v) is 10.2. The monoisotopic (exact) mass is 457 g/mol. The van der Waals surface area contributed by atoms with Gasteiger partial charge in [0.05, 0.1) is 4.90 Å². The molecule has 8 nitrogen and oxygen atoms in total. The topological polar surface area (TPSA) is 86.7 Å². The minimum Gasteiger partial charge on any atom is -0.341 e. The Bertz CT molecular complexity index is 1050. The summed E-state index contributed by atoms with van der Waals surface area (Å²) in [6.07, 6.45) is 6.61. The average molecular weight is 458 g/mol. The molecule has 1 amide bonds. The van der Waals surface area contributed by atoms with Crippen LogP contribution < -0.4 is 9.80 Å². The van der Waals surface area contributed by atoms with Gasteiger partial charge in [-0.1, -0.05) is 13.8 Å². The van der Waals surface area contributed by atoms with Crippen LogP contribution in [0, 0.1) is 5.92 Å². The van der Waals surface area contributed by atoms with Gasteiger partial charge in [-0.3, -0.25) is 4.79 Å². The van der Waals surface area contributed by atoms with E-state index in [2.05, 4.69) is 14.9 Å². The fourth-order valence-corrected chi connectivity index (χ4v) is 6.19. The maximum absolute atomic E-state index is 13.4. The number of aromatic nitrogens is 2. The minimum absolute atomic E-state index is 0.0417. The molecule has 1 aromatic heterocycles. The van der Waals surface area contributed by atoms with Crippen molar-refractivity contribution in [1.82, 2.24) is 14.3 Å². The van der Waals surface area contributed by atoms with Crippen molar-refractivity contribution in [3.05, 3.63) is 42.2 Å². The molecule has 3 heterocycles. The summed E-state index contributed by atoms with van der Waals surface area (Å²) in [6, 6.07) is 7.02. The van der Waals surface area contributed by atoms with Crippen molar-refractivity contribution in [2.75, 3.05) is 42.5 Å². The Morgan fingerprint density at radius 1 is 1.09 bits per heavy atom. The molecule has 32 heavy (non-hydrogen) atoms. The van der Waals surface area contributed by atoms with E-state index in [-0.39, 0.29) is 11.8 Å². The molecule has 0 spiro atoms. The zero-order chi connectivity index (χ0) is 22.7. The summed E-state index contributed by atoms with van der Waals surface area (Å²) in [5.74, 6) is 0.808. The van der Waals surface area contributed by atoms with Gasteiger partial charge in [0.15, 0.2) is 0 Å². The summed E-state index contributed by atoms with van der Waals surface area (Å²) in [5, 5.41) is 0. The van der Waals surface area contributed by atoms with E-state index >= 15 is 0 Å². The van der Waals surface area contributed by atoms with E-state index in [1.165, 1.54) is 4.31 Å². The molecule has 0 bridgehead atoms. The van der Waals surface area contributed by atoms with Gasteiger partial charge in [0.1, 0.15) is 0 Å². The van der Waals surface area contributed by atoms with Crippen molar-refractivity contribution < 1.29 is 13.2 Å². The fraction of sp³-hybridized carbons (Fsp3) is 0.522. The van der Waals surface area contributed by atoms with Gasteiger partial charge in [-0.2, -0.15) is 4.31 Å². The highest BCUT2D eigenvalue weighted by Crippen LogP contribution is 2.33. The zero-order valence-electron chi connectivity index (χ0n) is 18.8. The van der Waals surface area contributed by atoms with Gasteiger partial charge in [-0.15, -0.1) is 0 Å². The number of carbonyl (C=O) groups excluding carboxylic acids is 1. The predicted octanol–water partition coefficient (Wildman–Crippen LogP) is 2.70. The third-order valence-electron chi connectivity index (χ3n) is 6.46. The molecular weight excluding hydrogens is 426 g/mol. The Hall–Kier alpha value is -2.52. The predicted molar refractivity (Wildman–Crippen MR) is 124 cm³/mol. The first-order chi connectivity index (χ1) is 15.5. The number of rotatable bonds is 6. The first kappa shape index (κ1) is 22.7. The molecule has 0 aliphatic carbocycles. The van der Waals surface area contributed by atoms with Crippen molar-refractivity contribution in [3.8, 4) is 0 Å². The van der Waals surface area contributed by atoms with Gasteiger partial charge < -0.3 is 9.80 Å². The van der Waals surface area contributed by atoms with Crippen LogP contribution in [0.4, 0.5) is 11.6 Å². The number of anilines is 2. The van der Waals surface area contributed by atoms with E-state index in [9.17, 15) is 13.2 Å². The van der Waals surface area contributed by atoms with E-state index in [1.54, 1.807) is 30.6 Å². The quantitative estimate of drug-likeness (QED) is 0.663. The summed E-state index contributed by atoms with van der Waals surface area (Å²) >= 11 is 0. The lowest BCUT2D eigenvalue weighted by Gasteiger charge is -2.36. The second-order valence-electron chi connectivity index (χ2n) is 8.28. The number of hydrogen-bond acceptors (Lipinski definition) is 6. The fourth-order valence-electron chi connectivity index (χ4n) is 4.68. The van der Waals surface area contributed by atoms with E-state index < -0.39 is 10.0 Å². The smallest absolute Gasteiger partial charge is 0.243 e. The molecule has 2 aliphatic rings. The Labute approximate surface area is 190 Å². The number of hydrogen-bond donors (Lipinski definition) is 0. The van der Waals surface area contributed by atoms with Crippen molar-refractivity contribution in [1.29, 1.82) is 0 Å². The first-order valence-electron chi connectivity index (χ1n) is 11.4. The molecule has 0 saturated carbocycles. The molecule has 1 saturated heterocycles. The van der Waals surface area contributed by atoms with E-state index in [1.807, 2.05) is 24.8 Å². The molecular formula is C23H31N5O3S. The Morgan fingerprint density at radius 3 is 2.44 bits per heavy atom. The summed E-state index contributed by atoms with van der Waals surface area (Å²) < 4.78 is 27.3. The van der Waals surface area contributed by atoms with Crippen LogP contribution in [-0.4, -0.2) is 61.3 Å². The Kier molecular flexibility index (Phi) is 6.76. The third-order valence-corrected chi connectivity index (χ3v) is 8.50. The highest BCUT2D eigenvalue weighted by molar-refractivity contribution is 7.89. The van der Waals surface area contributed by atoms with Gasteiger partial charge >= 0.3 is 0 Å². The van der Waals surface area contributed by atoms with Gasteiger partial charge in [0.2, 0.25) is 21.9 Å². The molecule has 9 heteroatoms. The number of carbonyl (C=O) groups is 1. The van der Waals surface area contributed by atoms with Crippen molar-refractivity contribution in [3.63, 3.8) is 0 Å². The highest BCUT2D eigenvalue weighted by atomic mass is 32.2. The molecule has 4 rings (SSSR count). The maximum atomic E-state index is 13.4. The molecule has 1 fully saturated rings. The lowest BCUT2D eigenvalue weighted by atomic mass is 9.93. The molecule has 0 unspecified atom stereocenters. The van der Waals surface area contributed by atoms with Crippen LogP contribution in [0.25, 0.3) is 0 Å². The number of fused-ring (bicyclic) bond motifs is 1. The molecule has 0 atom stereocenters. The van der Waals surface area contributed by atoms with Crippen LogP contribution in [0.2, 0.25) is 0 Å². The number of aryl methyl sites for hydroxylation is 1. The van der Waals surface area contributed by atoms with Crippen LogP contribution in [0.1, 0.15) is 38.7 Å². The average Bonchev–Trinajstić information content (AvgIpc) is 2.84. The molecule has 0 N–H and O–H groups in total. The number of nitrogens with zero attached hydrogens (tertiary/aromatic N) is 5. The maximum Gasteiger partial charge on any atom is 0.243 e. The zero-order valence-corrected chi connectivity index (χ0v) is 19.6.